The number of unbranched alkanes of at least 4 members (excludes halogenated alkanes) is 4. The lowest BCUT2D eigenvalue weighted by Gasteiger charge is -2.30. The number of aromatic nitrogens is 2. The van der Waals surface area contributed by atoms with Crippen LogP contribution < -0.4 is 115 Å². The number of hydrogen-bond donors (Lipinski definition) is 26. The number of carbonyl (C=O) groups excluding carboxylic acids is 13. The van der Waals surface area contributed by atoms with Gasteiger partial charge in [-0.25, -0.2) is 9.78 Å². The third-order valence-corrected chi connectivity index (χ3v) is 21.7. The molecule has 43 nitrogen and oxygen atoms in total. The van der Waals surface area contributed by atoms with Crippen LogP contribution in [0.1, 0.15) is 173 Å². The number of aliphatic carboxylic acids is 1. The summed E-state index contributed by atoms with van der Waals surface area (Å²) in [6, 6.07) is -5.29. The fraction of sp³-hybridized carbons (Fsp3) is 0.627. The number of likely N-dealkylation sites (tertiary alicyclic amines) is 1. The standard InChI is InChI=1S/C83H138N26O17S/c1-5-49(4)67(108-75(119)62(41-50-20-7-6-8-21-50)105-78(122)66-28-19-39-109(66)80(124)54(88)22-9-13-33-84)79(123)100-58(26-17-37-94-82(89)90)68(112)97-56(24-11-15-35-86)70(114)106-64(45-110)76(120)103-61(42-51-29-31-53(111)32-30-51)73(117)98-57(25-12-16-36-87)71(115)107-65(46-127)77(121)102-60(40-48(2)3)72(116)104-63(43-52-44-93-47-96-52)74(118)99-55(23-10-14-34-85)69(113)101-59(81(125)126)27-18-38-95-83(91)92/h6-8,20-21,29-32,44,47-49,54-67,110-111,127H,5,9-19,22-28,33-43,45-46,84-88H2,1-4H3,(H,93,96)(H,97,112)(H,98,117)(H,99,118)(H,100,123)(H,101,113)(H,102,121)(H,103,120)(H,104,116)(H,105,122)(H,106,114)(H,107,115)(H,108,119)(H,125,126)(H4,89,90,94)(H4,91,92,95)/t49-,54-,55-,56-,57-,58-,59-,60-,61-,62-,63-,64-,65-,66-,67-/m0/s1. The third-order valence-electron chi connectivity index (χ3n) is 21.3. The maximum Gasteiger partial charge on any atom is 0.326 e. The molecule has 3 aromatic rings. The second-order valence-corrected chi connectivity index (χ2v) is 32.4. The number of nitrogens with one attached hydrogen (secondary N) is 13. The molecule has 0 saturated carbocycles. The van der Waals surface area contributed by atoms with Crippen molar-refractivity contribution in [3.63, 3.8) is 0 Å². The summed E-state index contributed by atoms with van der Waals surface area (Å²) in [5.74, 6) is -14.5. The Labute approximate surface area is 746 Å². The number of aromatic hydroxyl groups is 1. The van der Waals surface area contributed by atoms with Gasteiger partial charge in [0.15, 0.2) is 11.9 Å². The molecule has 44 heteroatoms. The van der Waals surface area contributed by atoms with Crippen molar-refractivity contribution in [3.05, 3.63) is 83.9 Å². The molecule has 0 spiro atoms. The van der Waals surface area contributed by atoms with Crippen molar-refractivity contribution < 1.29 is 82.4 Å². The molecular formula is C83H138N26O17S. The second kappa shape index (κ2) is 58.9. The van der Waals surface area contributed by atoms with E-state index in [1.54, 1.807) is 58.0 Å². The van der Waals surface area contributed by atoms with Gasteiger partial charge in [0.25, 0.3) is 0 Å². The number of benzene rings is 2. The molecule has 0 aliphatic carbocycles. The molecule has 1 aliphatic heterocycles. The van der Waals surface area contributed by atoms with Gasteiger partial charge in [0.05, 0.1) is 19.0 Å². The monoisotopic (exact) mass is 1800 g/mol. The molecule has 1 aliphatic rings. The van der Waals surface area contributed by atoms with E-state index in [4.69, 9.17) is 51.6 Å². The summed E-state index contributed by atoms with van der Waals surface area (Å²) in [7, 11) is 0. The van der Waals surface area contributed by atoms with Gasteiger partial charge in [0.2, 0.25) is 76.8 Å². The van der Waals surface area contributed by atoms with Crippen molar-refractivity contribution in [2.75, 3.05) is 58.2 Å². The lowest BCUT2D eigenvalue weighted by Crippen LogP contribution is -2.62. The average molecular weight is 1800 g/mol. The van der Waals surface area contributed by atoms with Crippen LogP contribution in [0.2, 0.25) is 0 Å². The maximum absolute atomic E-state index is 14.9. The smallest absolute Gasteiger partial charge is 0.326 e. The Morgan fingerprint density at radius 1 is 0.488 bits per heavy atom. The number of phenols is 1. The number of thiol groups is 1. The van der Waals surface area contributed by atoms with Crippen molar-refractivity contribution >= 4 is 107 Å². The maximum atomic E-state index is 14.9. The molecule has 34 N–H and O–H groups in total. The van der Waals surface area contributed by atoms with Crippen molar-refractivity contribution in [2.24, 2.45) is 73.4 Å². The first-order chi connectivity index (χ1) is 60.6. The molecule has 0 unspecified atom stereocenters. The van der Waals surface area contributed by atoms with Crippen LogP contribution >= 0.6 is 12.6 Å². The van der Waals surface area contributed by atoms with Gasteiger partial charge in [-0.1, -0.05) is 83.0 Å². The number of amides is 13. The van der Waals surface area contributed by atoms with E-state index in [-0.39, 0.29) is 152 Å². The van der Waals surface area contributed by atoms with E-state index in [0.717, 1.165) is 0 Å². The summed E-state index contributed by atoms with van der Waals surface area (Å²) in [5.41, 5.74) is 53.0. The number of guanidine groups is 2. The summed E-state index contributed by atoms with van der Waals surface area (Å²) < 4.78 is 0. The molecular weight excluding hydrogens is 1670 g/mol. The van der Waals surface area contributed by atoms with E-state index in [0.29, 0.717) is 87.6 Å². The fourth-order valence-corrected chi connectivity index (χ4v) is 14.2. The molecule has 4 rings (SSSR count). The number of carboxylic acid groups (broad SMARTS) is 1. The van der Waals surface area contributed by atoms with Crippen molar-refractivity contribution in [1.29, 1.82) is 0 Å². The molecule has 1 aromatic heterocycles. The van der Waals surface area contributed by atoms with Crippen molar-refractivity contribution in [2.45, 2.75) is 260 Å². The van der Waals surface area contributed by atoms with Crippen LogP contribution in [0.5, 0.6) is 5.75 Å². The van der Waals surface area contributed by atoms with Crippen molar-refractivity contribution in [1.82, 2.24) is 78.7 Å². The molecule has 127 heavy (non-hydrogen) atoms. The Hall–Kier alpha value is -11.3. The van der Waals surface area contributed by atoms with Crippen LogP contribution in [-0.2, 0) is 86.4 Å². The van der Waals surface area contributed by atoms with Gasteiger partial charge < -0.3 is 141 Å². The average Bonchev–Trinajstić information content (AvgIpc) is 1.76. The number of rotatable bonds is 62. The zero-order valence-corrected chi connectivity index (χ0v) is 74.1. The highest BCUT2D eigenvalue weighted by molar-refractivity contribution is 7.80. The van der Waals surface area contributed by atoms with Gasteiger partial charge in [-0.05, 0) is 177 Å². The molecule has 1 saturated heterocycles. The number of nitrogens with two attached hydrogens (primary N) is 9. The van der Waals surface area contributed by atoms with Crippen LogP contribution in [0.4, 0.5) is 0 Å². The van der Waals surface area contributed by atoms with Crippen LogP contribution in [0.25, 0.3) is 0 Å². The summed E-state index contributed by atoms with van der Waals surface area (Å²) in [5, 5.41) is 63.1. The van der Waals surface area contributed by atoms with E-state index in [9.17, 15) is 82.4 Å². The lowest BCUT2D eigenvalue weighted by molar-refractivity contribution is -0.142. The Bertz CT molecular complexity index is 4010. The Kier molecular flexibility index (Phi) is 50.1. The predicted octanol–water partition coefficient (Wildman–Crippen LogP) is -5.00. The van der Waals surface area contributed by atoms with E-state index in [2.05, 4.69) is 96.4 Å². The predicted molar refractivity (Wildman–Crippen MR) is 479 cm³/mol. The number of imidazole rings is 1. The number of nitrogens with zero attached hydrogens (tertiary/aromatic N) is 4. The highest BCUT2D eigenvalue weighted by Crippen LogP contribution is 2.22. The first kappa shape index (κ1) is 108. The van der Waals surface area contributed by atoms with E-state index >= 15 is 0 Å². The molecule has 1 fully saturated rings. The van der Waals surface area contributed by atoms with Crippen LogP contribution in [0, 0.1) is 11.8 Å². The van der Waals surface area contributed by atoms with Gasteiger partial charge >= 0.3 is 5.97 Å². The minimum absolute atomic E-state index is 0.00924. The normalized spacial score (nSPS) is 15.7. The number of H-pyrrole nitrogens is 1. The second-order valence-electron chi connectivity index (χ2n) is 32.1. The summed E-state index contributed by atoms with van der Waals surface area (Å²) in [6.45, 7) is 7.14. The molecule has 15 atom stereocenters. The zero-order valence-electron chi connectivity index (χ0n) is 73.2. The van der Waals surface area contributed by atoms with Gasteiger partial charge in [0.1, 0.15) is 84.3 Å². The summed E-state index contributed by atoms with van der Waals surface area (Å²) >= 11 is 4.39. The molecule has 0 bridgehead atoms. The highest BCUT2D eigenvalue weighted by atomic mass is 32.1. The quantitative estimate of drug-likeness (QED) is 0.0109. The zero-order chi connectivity index (χ0) is 94.1. The van der Waals surface area contributed by atoms with Gasteiger partial charge in [-0.3, -0.25) is 72.3 Å². The van der Waals surface area contributed by atoms with Crippen molar-refractivity contribution in [3.8, 4) is 5.75 Å². The molecule has 13 amide bonds. The van der Waals surface area contributed by atoms with E-state index in [1.165, 1.54) is 41.7 Å². The Morgan fingerprint density at radius 2 is 0.882 bits per heavy atom. The number of aromatic amines is 1. The highest BCUT2D eigenvalue weighted by Gasteiger charge is 2.41. The minimum atomic E-state index is -1.86. The topological polar surface area (TPSA) is 735 Å². The number of aliphatic hydroxyl groups is 1. The van der Waals surface area contributed by atoms with Crippen LogP contribution in [0.15, 0.2) is 77.1 Å². The number of phenolic OH excluding ortho intramolecular Hbond substituents is 1. The molecule has 2 aromatic carbocycles. The number of carbonyl (C=O) groups is 14. The summed E-state index contributed by atoms with van der Waals surface area (Å²) in [6.07, 6.45) is 6.48. The minimum Gasteiger partial charge on any atom is -0.508 e. The van der Waals surface area contributed by atoms with E-state index in [1.807, 2.05) is 0 Å². The first-order valence-corrected chi connectivity index (χ1v) is 44.1. The van der Waals surface area contributed by atoms with Gasteiger partial charge in [-0.15, -0.1) is 0 Å². The number of carboxylic acids is 1. The van der Waals surface area contributed by atoms with Gasteiger partial charge in [0, 0.05) is 56.5 Å². The van der Waals surface area contributed by atoms with Crippen LogP contribution in [-0.4, -0.2) is 268 Å². The Morgan fingerprint density at radius 3 is 1.34 bits per heavy atom. The molecule has 2 heterocycles. The summed E-state index contributed by atoms with van der Waals surface area (Å²) in [4.78, 5) is 217. The first-order valence-electron chi connectivity index (χ1n) is 43.5. The number of aliphatic imine (C=N–C) groups is 2. The third kappa shape index (κ3) is 39.6. The van der Waals surface area contributed by atoms with E-state index < -0.39 is 180 Å². The Balaban J connectivity index is 1.62. The SMILES string of the molecule is CC[C@H](C)[C@H](NC(=O)[C@H](Cc1ccccc1)NC(=O)[C@@H]1CCCN1C(=O)[C@@H](N)CCCCN)C(=O)N[C@@H](CCCN=C(N)N)C(=O)N[C@@H](CCCCN)C(=O)N[C@@H](CO)C(=O)N[C@@H](Cc1ccc(O)cc1)C(=O)N[C@@H](CCCCN)C(=O)N[C@@H](CS)C(=O)N[C@@H](CC(C)C)C(=O)N[C@@H](Cc1cnc[nH]1)C(=O)N[C@@H](CCCCN)C(=O)N[C@@H](CCCN=C(N)N)C(=O)O. The molecule has 0 radical (unpaired) electrons. The van der Waals surface area contributed by atoms with Gasteiger partial charge in [-0.2, -0.15) is 12.6 Å². The fourth-order valence-electron chi connectivity index (χ4n) is 14.0. The number of hydrogen-bond acceptors (Lipinski definition) is 25. The largest absolute Gasteiger partial charge is 0.508 e. The van der Waals surface area contributed by atoms with Crippen LogP contribution in [0.3, 0.4) is 0 Å². The molecule has 708 valence electrons. The number of aliphatic hydroxyl groups excluding tert-OH is 1. The lowest BCUT2D eigenvalue weighted by atomic mass is 9.96.